The Kier molecular flexibility index (Phi) is 4.80. The van der Waals surface area contributed by atoms with Gasteiger partial charge in [-0.05, 0) is 18.9 Å². The molecule has 1 atom stereocenters. The molecule has 1 saturated carbocycles. The van der Waals surface area contributed by atoms with Crippen molar-refractivity contribution in [3.63, 3.8) is 0 Å². The van der Waals surface area contributed by atoms with E-state index in [0.29, 0.717) is 38.7 Å². The normalized spacial score (nSPS) is 24.5. The highest BCUT2D eigenvalue weighted by molar-refractivity contribution is 5.15. The number of hydrogen-bond donors (Lipinski definition) is 1. The molecule has 0 radical (unpaired) electrons. The van der Waals surface area contributed by atoms with E-state index < -0.39 is 0 Å². The van der Waals surface area contributed by atoms with Gasteiger partial charge < -0.3 is 19.3 Å². The summed E-state index contributed by atoms with van der Waals surface area (Å²) in [6.45, 7) is 3.00. The number of nitrogens with zero attached hydrogens (tertiary/aromatic N) is 2. The van der Waals surface area contributed by atoms with Crippen LogP contribution in [0.1, 0.15) is 30.8 Å². The van der Waals surface area contributed by atoms with Gasteiger partial charge in [-0.1, -0.05) is 6.42 Å². The molecule has 2 heterocycles. The summed E-state index contributed by atoms with van der Waals surface area (Å²) in [7, 11) is 0. The number of hydrogen-bond acceptors (Lipinski definition) is 6. The van der Waals surface area contributed by atoms with E-state index in [-0.39, 0.29) is 18.1 Å². The highest BCUT2D eigenvalue weighted by Gasteiger charge is 2.42. The molecular formula is C15H22N2O4. The molecular weight excluding hydrogens is 272 g/mol. The highest BCUT2D eigenvalue weighted by Crippen LogP contribution is 2.42. The molecule has 1 aromatic heterocycles. The lowest BCUT2D eigenvalue weighted by Crippen LogP contribution is -2.42. The zero-order chi connectivity index (χ0) is 14.5. The van der Waals surface area contributed by atoms with Gasteiger partial charge in [-0.15, -0.1) is 0 Å². The minimum atomic E-state index is -0.0965. The Balaban J connectivity index is 1.58. The quantitative estimate of drug-likeness (QED) is 0.837. The van der Waals surface area contributed by atoms with Gasteiger partial charge in [0.25, 0.3) is 0 Å². The molecule has 0 bridgehead atoms. The second kappa shape index (κ2) is 6.79. The molecule has 2 fully saturated rings. The van der Waals surface area contributed by atoms with Gasteiger partial charge in [0.2, 0.25) is 0 Å². The number of aliphatic hydroxyl groups excluding tert-OH is 1. The van der Waals surface area contributed by atoms with E-state index >= 15 is 0 Å². The largest absolute Gasteiger partial charge is 0.390 e. The first-order valence-corrected chi connectivity index (χ1v) is 7.53. The molecule has 6 nitrogen and oxygen atoms in total. The summed E-state index contributed by atoms with van der Waals surface area (Å²) in [5.41, 5.74) is 0.566. The Labute approximate surface area is 124 Å². The van der Waals surface area contributed by atoms with Crippen LogP contribution in [-0.2, 0) is 26.2 Å². The minimum Gasteiger partial charge on any atom is -0.390 e. The highest BCUT2D eigenvalue weighted by atomic mass is 16.6. The van der Waals surface area contributed by atoms with Crippen LogP contribution in [0.2, 0.25) is 0 Å². The second-order valence-corrected chi connectivity index (χ2v) is 5.75. The van der Waals surface area contributed by atoms with Crippen LogP contribution in [0.4, 0.5) is 0 Å². The summed E-state index contributed by atoms with van der Waals surface area (Å²) in [5.74, 6) is 0.793. The SMILES string of the molecule is OCc1ccnc(C2(COC[C@H]3COCCO3)CCC2)n1. The summed E-state index contributed by atoms with van der Waals surface area (Å²) in [6.07, 6.45) is 4.97. The average molecular weight is 294 g/mol. The molecule has 6 heteroatoms. The molecule has 1 aliphatic heterocycles. The van der Waals surface area contributed by atoms with Crippen molar-refractivity contribution in [2.75, 3.05) is 33.0 Å². The lowest BCUT2D eigenvalue weighted by atomic mass is 9.68. The predicted molar refractivity (Wildman–Crippen MR) is 74.9 cm³/mol. The molecule has 1 N–H and O–H groups in total. The van der Waals surface area contributed by atoms with Crippen LogP contribution < -0.4 is 0 Å². The molecule has 0 amide bonds. The molecule has 1 aromatic rings. The van der Waals surface area contributed by atoms with Crippen LogP contribution in [-0.4, -0.2) is 54.2 Å². The lowest BCUT2D eigenvalue weighted by molar-refractivity contribution is -0.121. The summed E-state index contributed by atoms with van der Waals surface area (Å²) < 4.78 is 16.8. The van der Waals surface area contributed by atoms with Crippen molar-refractivity contribution in [3.8, 4) is 0 Å². The molecule has 0 spiro atoms. The fourth-order valence-corrected chi connectivity index (χ4v) is 2.79. The van der Waals surface area contributed by atoms with E-state index in [0.717, 1.165) is 18.7 Å². The molecule has 1 aliphatic carbocycles. The number of aromatic nitrogens is 2. The van der Waals surface area contributed by atoms with Crippen LogP contribution in [0.25, 0.3) is 0 Å². The van der Waals surface area contributed by atoms with Crippen LogP contribution in [0.15, 0.2) is 12.3 Å². The molecule has 21 heavy (non-hydrogen) atoms. The van der Waals surface area contributed by atoms with Gasteiger partial charge >= 0.3 is 0 Å². The maximum Gasteiger partial charge on any atom is 0.137 e. The van der Waals surface area contributed by atoms with Crippen LogP contribution in [0, 0.1) is 0 Å². The molecule has 1 saturated heterocycles. The Bertz CT molecular complexity index is 459. The van der Waals surface area contributed by atoms with Crippen molar-refractivity contribution in [2.24, 2.45) is 0 Å². The van der Waals surface area contributed by atoms with E-state index in [1.54, 1.807) is 12.3 Å². The molecule has 2 aliphatic rings. The predicted octanol–water partition coefficient (Wildman–Crippen LogP) is 0.823. The van der Waals surface area contributed by atoms with Crippen molar-refractivity contribution in [1.82, 2.24) is 9.97 Å². The van der Waals surface area contributed by atoms with Gasteiger partial charge in [0.05, 0.1) is 50.8 Å². The third-order valence-corrected chi connectivity index (χ3v) is 4.23. The van der Waals surface area contributed by atoms with E-state index in [1.807, 2.05) is 0 Å². The first-order valence-electron chi connectivity index (χ1n) is 7.53. The van der Waals surface area contributed by atoms with Crippen LogP contribution in [0.3, 0.4) is 0 Å². The third kappa shape index (κ3) is 3.40. The van der Waals surface area contributed by atoms with E-state index in [4.69, 9.17) is 14.2 Å². The Morgan fingerprint density at radius 3 is 2.95 bits per heavy atom. The Morgan fingerprint density at radius 2 is 2.29 bits per heavy atom. The van der Waals surface area contributed by atoms with Crippen molar-refractivity contribution in [2.45, 2.75) is 37.4 Å². The van der Waals surface area contributed by atoms with Gasteiger partial charge in [-0.2, -0.15) is 0 Å². The van der Waals surface area contributed by atoms with Gasteiger partial charge in [0.15, 0.2) is 0 Å². The van der Waals surface area contributed by atoms with E-state index in [1.165, 1.54) is 6.42 Å². The zero-order valence-corrected chi connectivity index (χ0v) is 12.2. The van der Waals surface area contributed by atoms with Crippen molar-refractivity contribution < 1.29 is 19.3 Å². The fraction of sp³-hybridized carbons (Fsp3) is 0.733. The van der Waals surface area contributed by atoms with E-state index in [2.05, 4.69) is 9.97 Å². The number of ether oxygens (including phenoxy) is 3. The van der Waals surface area contributed by atoms with E-state index in [9.17, 15) is 5.11 Å². The molecule has 116 valence electrons. The standard InChI is InChI=1S/C15H22N2O4/c18-8-12-2-5-16-14(17-12)15(3-1-4-15)11-20-10-13-9-19-6-7-21-13/h2,5,13,18H,1,3-4,6-11H2/t13-/m1/s1. The molecule has 0 aromatic carbocycles. The van der Waals surface area contributed by atoms with Crippen molar-refractivity contribution >= 4 is 0 Å². The van der Waals surface area contributed by atoms with Gasteiger partial charge in [-0.25, -0.2) is 9.97 Å². The second-order valence-electron chi connectivity index (χ2n) is 5.75. The summed E-state index contributed by atoms with van der Waals surface area (Å²) in [5, 5.41) is 9.21. The van der Waals surface area contributed by atoms with Crippen molar-refractivity contribution in [3.05, 3.63) is 23.8 Å². The van der Waals surface area contributed by atoms with Gasteiger partial charge in [0.1, 0.15) is 11.9 Å². The Hall–Kier alpha value is -1.08. The topological polar surface area (TPSA) is 73.7 Å². The lowest BCUT2D eigenvalue weighted by Gasteiger charge is -2.40. The zero-order valence-electron chi connectivity index (χ0n) is 12.2. The Morgan fingerprint density at radius 1 is 1.38 bits per heavy atom. The minimum absolute atomic E-state index is 0.0283. The maximum absolute atomic E-state index is 9.21. The first-order chi connectivity index (χ1) is 10.3. The van der Waals surface area contributed by atoms with Gasteiger partial charge in [0, 0.05) is 6.20 Å². The summed E-state index contributed by atoms with van der Waals surface area (Å²) in [4.78, 5) is 8.84. The average Bonchev–Trinajstić information content (AvgIpc) is 2.51. The fourth-order valence-electron chi connectivity index (χ4n) is 2.79. The van der Waals surface area contributed by atoms with Crippen LogP contribution >= 0.6 is 0 Å². The van der Waals surface area contributed by atoms with Gasteiger partial charge in [-0.3, -0.25) is 0 Å². The molecule has 3 rings (SSSR count). The van der Waals surface area contributed by atoms with Crippen LogP contribution in [0.5, 0.6) is 0 Å². The third-order valence-electron chi connectivity index (χ3n) is 4.23. The number of rotatable bonds is 6. The first kappa shape index (κ1) is 14.8. The smallest absolute Gasteiger partial charge is 0.137 e. The maximum atomic E-state index is 9.21. The summed E-state index contributed by atoms with van der Waals surface area (Å²) in [6, 6.07) is 1.74. The monoisotopic (exact) mass is 294 g/mol. The molecule has 0 unspecified atom stereocenters. The van der Waals surface area contributed by atoms with Crippen molar-refractivity contribution in [1.29, 1.82) is 0 Å². The number of aliphatic hydroxyl groups is 1. The summed E-state index contributed by atoms with van der Waals surface area (Å²) >= 11 is 0.